The van der Waals surface area contributed by atoms with Gasteiger partial charge in [-0.3, -0.25) is 5.10 Å². The van der Waals surface area contributed by atoms with Gasteiger partial charge in [-0.05, 0) is 27.8 Å². The third-order valence-corrected chi connectivity index (χ3v) is 5.74. The van der Waals surface area contributed by atoms with Crippen molar-refractivity contribution in [1.29, 1.82) is 0 Å². The van der Waals surface area contributed by atoms with E-state index in [1.165, 1.54) is 4.31 Å². The molecule has 1 aliphatic rings. The van der Waals surface area contributed by atoms with E-state index < -0.39 is 15.6 Å². The van der Waals surface area contributed by atoms with Crippen molar-refractivity contribution < 1.29 is 13.2 Å². The summed E-state index contributed by atoms with van der Waals surface area (Å²) in [6.07, 6.45) is 0. The Labute approximate surface area is 119 Å². The number of nitrogens with zero attached hydrogens (tertiary/aromatic N) is 2. The second kappa shape index (κ2) is 5.44. The fourth-order valence-electron chi connectivity index (χ4n) is 2.50. The molecule has 2 N–H and O–H groups in total. The third kappa shape index (κ3) is 2.60. The van der Waals surface area contributed by atoms with Gasteiger partial charge in [-0.2, -0.15) is 9.40 Å². The fraction of sp³-hybridized carbons (Fsp3) is 0.750. The first kappa shape index (κ1) is 15.4. The largest absolute Gasteiger partial charge is 0.378 e. The number of nitrogens with one attached hydrogen (secondary N) is 2. The van der Waals surface area contributed by atoms with Gasteiger partial charge in [0.15, 0.2) is 0 Å². The Morgan fingerprint density at radius 1 is 1.50 bits per heavy atom. The third-order valence-electron chi connectivity index (χ3n) is 3.42. The minimum absolute atomic E-state index is 0.279. The van der Waals surface area contributed by atoms with E-state index in [4.69, 9.17) is 4.74 Å². The Morgan fingerprint density at radius 3 is 2.80 bits per heavy atom. The molecule has 1 aliphatic heterocycles. The van der Waals surface area contributed by atoms with E-state index in [-0.39, 0.29) is 4.90 Å². The van der Waals surface area contributed by atoms with Crippen LogP contribution in [0.15, 0.2) is 4.90 Å². The molecule has 8 heteroatoms. The van der Waals surface area contributed by atoms with Crippen LogP contribution in [0, 0.1) is 6.92 Å². The predicted molar refractivity (Wildman–Crippen MR) is 74.9 cm³/mol. The molecular weight excluding hydrogens is 280 g/mol. The van der Waals surface area contributed by atoms with Crippen molar-refractivity contribution >= 4 is 10.0 Å². The number of hydrogen-bond donors (Lipinski definition) is 2. The van der Waals surface area contributed by atoms with Crippen LogP contribution in [0.2, 0.25) is 0 Å². The Kier molecular flexibility index (Phi) is 4.19. The van der Waals surface area contributed by atoms with E-state index >= 15 is 0 Å². The quantitative estimate of drug-likeness (QED) is 0.832. The number of sulfonamides is 1. The van der Waals surface area contributed by atoms with Crippen molar-refractivity contribution in [2.24, 2.45) is 0 Å². The molecule has 2 heterocycles. The number of aromatic amines is 1. The van der Waals surface area contributed by atoms with Crippen molar-refractivity contribution in [3.63, 3.8) is 0 Å². The monoisotopic (exact) mass is 302 g/mol. The van der Waals surface area contributed by atoms with Crippen LogP contribution in [0.5, 0.6) is 0 Å². The average Bonchev–Trinajstić information content (AvgIpc) is 2.70. The summed E-state index contributed by atoms with van der Waals surface area (Å²) in [7, 11) is -1.83. The topological polar surface area (TPSA) is 87.3 Å². The van der Waals surface area contributed by atoms with Crippen LogP contribution < -0.4 is 5.32 Å². The fourth-order valence-corrected chi connectivity index (χ4v) is 4.59. The van der Waals surface area contributed by atoms with Crippen molar-refractivity contribution in [1.82, 2.24) is 19.8 Å². The number of rotatable bonds is 4. The van der Waals surface area contributed by atoms with E-state index in [0.29, 0.717) is 37.7 Å². The number of aryl methyl sites for hydroxylation is 1. The van der Waals surface area contributed by atoms with Crippen LogP contribution in [0.1, 0.15) is 25.2 Å². The average molecular weight is 302 g/mol. The summed E-state index contributed by atoms with van der Waals surface area (Å²) in [5.41, 5.74) is 0.530. The number of H-pyrrole nitrogens is 1. The van der Waals surface area contributed by atoms with Gasteiger partial charge >= 0.3 is 0 Å². The highest BCUT2D eigenvalue weighted by Crippen LogP contribution is 2.30. The van der Waals surface area contributed by atoms with E-state index in [0.717, 1.165) is 0 Å². The molecule has 0 spiro atoms. The molecule has 0 amide bonds. The van der Waals surface area contributed by atoms with Crippen LogP contribution in [-0.2, 0) is 21.3 Å². The molecule has 2 rings (SSSR count). The normalized spacial score (nSPS) is 20.2. The van der Waals surface area contributed by atoms with Gasteiger partial charge in [0.1, 0.15) is 4.90 Å². The molecule has 114 valence electrons. The molecule has 0 saturated carbocycles. The van der Waals surface area contributed by atoms with Crippen LogP contribution in [0.3, 0.4) is 0 Å². The second-order valence-electron chi connectivity index (χ2n) is 5.60. The molecular formula is C12H22N4O3S. The van der Waals surface area contributed by atoms with Crippen LogP contribution in [-0.4, -0.2) is 55.3 Å². The maximum atomic E-state index is 13.0. The van der Waals surface area contributed by atoms with Crippen LogP contribution in [0.25, 0.3) is 0 Å². The number of hydrogen-bond acceptors (Lipinski definition) is 5. The minimum Gasteiger partial charge on any atom is -0.378 e. The first-order chi connectivity index (χ1) is 9.30. The maximum absolute atomic E-state index is 13.0. The number of aromatic nitrogens is 2. The highest BCUT2D eigenvalue weighted by Gasteiger charge is 2.41. The summed E-state index contributed by atoms with van der Waals surface area (Å²) in [6, 6.07) is 0. The highest BCUT2D eigenvalue weighted by molar-refractivity contribution is 7.89. The van der Waals surface area contributed by atoms with Crippen molar-refractivity contribution in [3.05, 3.63) is 11.4 Å². The zero-order chi connectivity index (χ0) is 15.0. The number of morpholine rings is 1. The molecule has 7 nitrogen and oxygen atoms in total. The standard InChI is InChI=1S/C12H22N4O3S/c1-9-11(10(7-13-4)15-14-9)20(17,18)16-5-6-19-8-12(16,2)3/h13H,5-8H2,1-4H3,(H,14,15). The van der Waals surface area contributed by atoms with Gasteiger partial charge in [0.05, 0.1) is 30.1 Å². The van der Waals surface area contributed by atoms with Crippen LogP contribution in [0.4, 0.5) is 0 Å². The molecule has 0 atom stereocenters. The lowest BCUT2D eigenvalue weighted by Crippen LogP contribution is -2.55. The summed E-state index contributed by atoms with van der Waals surface area (Å²) in [4.78, 5) is 0.279. The molecule has 1 fully saturated rings. The SMILES string of the molecule is CNCc1n[nH]c(C)c1S(=O)(=O)N1CCOCC1(C)C. The molecule has 1 saturated heterocycles. The summed E-state index contributed by atoms with van der Waals surface area (Å²) >= 11 is 0. The Morgan fingerprint density at radius 2 is 2.20 bits per heavy atom. The van der Waals surface area contributed by atoms with Gasteiger partial charge in [-0.1, -0.05) is 0 Å². The lowest BCUT2D eigenvalue weighted by atomic mass is 10.1. The predicted octanol–water partition coefficient (Wildman–Crippen LogP) is 0.237. The van der Waals surface area contributed by atoms with Gasteiger partial charge in [-0.25, -0.2) is 8.42 Å². The van der Waals surface area contributed by atoms with E-state index in [1.54, 1.807) is 14.0 Å². The molecule has 0 aromatic carbocycles. The lowest BCUT2D eigenvalue weighted by molar-refractivity contribution is -0.00774. The van der Waals surface area contributed by atoms with E-state index in [1.807, 2.05) is 13.8 Å². The Bertz CT molecular complexity index is 580. The molecule has 0 radical (unpaired) electrons. The van der Waals surface area contributed by atoms with Crippen LogP contribution >= 0.6 is 0 Å². The van der Waals surface area contributed by atoms with Gasteiger partial charge in [0.25, 0.3) is 0 Å². The molecule has 0 unspecified atom stereocenters. The smallest absolute Gasteiger partial charge is 0.247 e. The lowest BCUT2D eigenvalue weighted by Gasteiger charge is -2.40. The van der Waals surface area contributed by atoms with Gasteiger partial charge in [0.2, 0.25) is 10.0 Å². The maximum Gasteiger partial charge on any atom is 0.247 e. The van der Waals surface area contributed by atoms with Crippen molar-refractivity contribution in [3.8, 4) is 0 Å². The summed E-state index contributed by atoms with van der Waals surface area (Å²) in [5, 5.41) is 9.80. The first-order valence-electron chi connectivity index (χ1n) is 6.60. The summed E-state index contributed by atoms with van der Waals surface area (Å²) in [6.45, 7) is 7.05. The molecule has 0 bridgehead atoms. The van der Waals surface area contributed by atoms with Crippen molar-refractivity contribution in [2.75, 3.05) is 26.8 Å². The van der Waals surface area contributed by atoms with E-state index in [2.05, 4.69) is 15.5 Å². The van der Waals surface area contributed by atoms with Gasteiger partial charge in [0, 0.05) is 13.1 Å². The zero-order valence-electron chi connectivity index (χ0n) is 12.4. The zero-order valence-corrected chi connectivity index (χ0v) is 13.2. The number of ether oxygens (including phenoxy) is 1. The minimum atomic E-state index is -3.59. The molecule has 0 aliphatic carbocycles. The van der Waals surface area contributed by atoms with Gasteiger partial charge < -0.3 is 10.1 Å². The van der Waals surface area contributed by atoms with Gasteiger partial charge in [-0.15, -0.1) is 0 Å². The highest BCUT2D eigenvalue weighted by atomic mass is 32.2. The molecule has 20 heavy (non-hydrogen) atoms. The van der Waals surface area contributed by atoms with E-state index in [9.17, 15) is 8.42 Å². The second-order valence-corrected chi connectivity index (χ2v) is 7.40. The Hall–Kier alpha value is -0.960. The molecule has 1 aromatic rings. The summed E-state index contributed by atoms with van der Waals surface area (Å²) in [5.74, 6) is 0. The van der Waals surface area contributed by atoms with Crippen molar-refractivity contribution in [2.45, 2.75) is 37.8 Å². The first-order valence-corrected chi connectivity index (χ1v) is 8.04. The Balaban J connectivity index is 2.47. The molecule has 1 aromatic heterocycles. The summed E-state index contributed by atoms with van der Waals surface area (Å²) < 4.78 is 32.8.